The number of hydrogen-bond acceptors (Lipinski definition) is 5. The highest BCUT2D eigenvalue weighted by Gasteiger charge is 2.30. The highest BCUT2D eigenvalue weighted by molar-refractivity contribution is 4.97. The molecule has 0 aromatic carbocycles. The van der Waals surface area contributed by atoms with Crippen LogP contribution in [0, 0.1) is 0 Å². The van der Waals surface area contributed by atoms with Gasteiger partial charge < -0.3 is 9.26 Å². The summed E-state index contributed by atoms with van der Waals surface area (Å²) in [6.45, 7) is 6.84. The lowest BCUT2D eigenvalue weighted by Gasteiger charge is -2.39. The van der Waals surface area contributed by atoms with Crippen molar-refractivity contribution in [2.45, 2.75) is 64.0 Å². The van der Waals surface area contributed by atoms with Crippen LogP contribution in [0.5, 0.6) is 0 Å². The molecular weight excluding hydrogens is 254 g/mol. The molecule has 2 heterocycles. The summed E-state index contributed by atoms with van der Waals surface area (Å²) in [6.07, 6.45) is 6.76. The van der Waals surface area contributed by atoms with Gasteiger partial charge in [-0.15, -0.1) is 0 Å². The van der Waals surface area contributed by atoms with E-state index < -0.39 is 0 Å². The summed E-state index contributed by atoms with van der Waals surface area (Å²) in [4.78, 5) is 7.05. The summed E-state index contributed by atoms with van der Waals surface area (Å²) in [6, 6.07) is 0.728. The Kier molecular flexibility index (Phi) is 4.36. The number of morpholine rings is 1. The molecule has 1 aromatic rings. The van der Waals surface area contributed by atoms with Crippen molar-refractivity contribution in [1.29, 1.82) is 0 Å². The molecule has 1 saturated heterocycles. The van der Waals surface area contributed by atoms with Gasteiger partial charge in [-0.3, -0.25) is 4.90 Å². The largest absolute Gasteiger partial charge is 0.367 e. The normalized spacial score (nSPS) is 26.2. The van der Waals surface area contributed by atoms with E-state index in [1.165, 1.54) is 32.1 Å². The fraction of sp³-hybridized carbons (Fsp3) is 0.867. The van der Waals surface area contributed by atoms with Crippen LogP contribution in [0.2, 0.25) is 0 Å². The third-order valence-corrected chi connectivity index (χ3v) is 4.43. The molecule has 0 spiro atoms. The molecule has 20 heavy (non-hydrogen) atoms. The molecule has 0 amide bonds. The van der Waals surface area contributed by atoms with Gasteiger partial charge in [-0.2, -0.15) is 4.98 Å². The van der Waals surface area contributed by atoms with E-state index >= 15 is 0 Å². The van der Waals surface area contributed by atoms with Gasteiger partial charge in [0, 0.05) is 25.0 Å². The van der Waals surface area contributed by atoms with Gasteiger partial charge in [0.05, 0.1) is 6.61 Å². The van der Waals surface area contributed by atoms with E-state index in [1.54, 1.807) is 0 Å². The highest BCUT2D eigenvalue weighted by Crippen LogP contribution is 2.28. The molecule has 2 fully saturated rings. The molecule has 112 valence electrons. The van der Waals surface area contributed by atoms with Gasteiger partial charge in [0.1, 0.15) is 6.10 Å². The molecule has 1 aliphatic carbocycles. The zero-order valence-electron chi connectivity index (χ0n) is 12.5. The van der Waals surface area contributed by atoms with Gasteiger partial charge in [-0.25, -0.2) is 0 Å². The lowest BCUT2D eigenvalue weighted by molar-refractivity contribution is -0.0543. The van der Waals surface area contributed by atoms with Crippen molar-refractivity contribution >= 4 is 0 Å². The minimum absolute atomic E-state index is 0.0260. The van der Waals surface area contributed by atoms with Crippen molar-refractivity contribution < 1.29 is 9.26 Å². The Morgan fingerprint density at radius 2 is 2.00 bits per heavy atom. The molecule has 1 unspecified atom stereocenters. The van der Waals surface area contributed by atoms with Crippen molar-refractivity contribution in [3.63, 3.8) is 0 Å². The van der Waals surface area contributed by atoms with Gasteiger partial charge >= 0.3 is 0 Å². The molecule has 0 bridgehead atoms. The molecular formula is C15H25N3O2. The maximum absolute atomic E-state index is 5.85. The molecule has 1 aliphatic heterocycles. The van der Waals surface area contributed by atoms with E-state index in [0.29, 0.717) is 11.7 Å². The predicted octanol–water partition coefficient (Wildman–Crippen LogP) is 2.90. The van der Waals surface area contributed by atoms with Gasteiger partial charge in [-0.1, -0.05) is 38.3 Å². The van der Waals surface area contributed by atoms with Crippen LogP contribution < -0.4 is 0 Å². The maximum Gasteiger partial charge on any atom is 0.229 e. The minimum Gasteiger partial charge on any atom is -0.367 e. The van der Waals surface area contributed by atoms with Gasteiger partial charge in [-0.05, 0) is 12.8 Å². The SMILES string of the molecule is CC(C)c1nc(C2CN(C3CCCCC3)CCO2)no1. The van der Waals surface area contributed by atoms with Crippen LogP contribution in [0.25, 0.3) is 0 Å². The molecule has 0 N–H and O–H groups in total. The predicted molar refractivity (Wildman–Crippen MR) is 75.5 cm³/mol. The van der Waals surface area contributed by atoms with Crippen molar-refractivity contribution in [2.75, 3.05) is 19.7 Å². The van der Waals surface area contributed by atoms with Gasteiger partial charge in [0.25, 0.3) is 0 Å². The summed E-state index contributed by atoms with van der Waals surface area (Å²) in [5.41, 5.74) is 0. The van der Waals surface area contributed by atoms with E-state index in [1.807, 2.05) is 0 Å². The maximum atomic E-state index is 5.85. The second-order valence-corrected chi connectivity index (χ2v) is 6.29. The van der Waals surface area contributed by atoms with E-state index in [9.17, 15) is 0 Å². The highest BCUT2D eigenvalue weighted by atomic mass is 16.5. The average Bonchev–Trinajstić information content (AvgIpc) is 2.98. The van der Waals surface area contributed by atoms with E-state index in [0.717, 1.165) is 25.7 Å². The Labute approximate surface area is 120 Å². The topological polar surface area (TPSA) is 51.4 Å². The fourth-order valence-electron chi connectivity index (χ4n) is 3.22. The quantitative estimate of drug-likeness (QED) is 0.851. The Bertz CT molecular complexity index is 427. The lowest BCUT2D eigenvalue weighted by Crippen LogP contribution is -2.45. The summed E-state index contributed by atoms with van der Waals surface area (Å²) in [5, 5.41) is 4.10. The molecule has 1 saturated carbocycles. The van der Waals surface area contributed by atoms with Gasteiger partial charge in [0.2, 0.25) is 11.7 Å². The first-order valence-corrected chi connectivity index (χ1v) is 7.93. The van der Waals surface area contributed by atoms with E-state index in [2.05, 4.69) is 28.9 Å². The van der Waals surface area contributed by atoms with Crippen LogP contribution in [-0.2, 0) is 4.74 Å². The zero-order valence-corrected chi connectivity index (χ0v) is 12.5. The monoisotopic (exact) mass is 279 g/mol. The Morgan fingerprint density at radius 1 is 1.20 bits per heavy atom. The summed E-state index contributed by atoms with van der Waals surface area (Å²) in [5.74, 6) is 1.70. The van der Waals surface area contributed by atoms with Crippen LogP contribution in [0.1, 0.15) is 69.7 Å². The Hall–Kier alpha value is -0.940. The first kappa shape index (κ1) is 14.0. The summed E-state index contributed by atoms with van der Waals surface area (Å²) < 4.78 is 11.2. The van der Waals surface area contributed by atoms with Crippen LogP contribution in [0.4, 0.5) is 0 Å². The molecule has 3 rings (SSSR count). The third-order valence-electron chi connectivity index (χ3n) is 4.43. The Balaban J connectivity index is 1.64. The molecule has 2 aliphatic rings. The van der Waals surface area contributed by atoms with Crippen molar-refractivity contribution in [3.8, 4) is 0 Å². The van der Waals surface area contributed by atoms with Crippen LogP contribution in [0.15, 0.2) is 4.52 Å². The smallest absolute Gasteiger partial charge is 0.229 e. The molecule has 1 aromatic heterocycles. The Morgan fingerprint density at radius 3 is 2.70 bits per heavy atom. The number of aromatic nitrogens is 2. The summed E-state index contributed by atoms with van der Waals surface area (Å²) >= 11 is 0. The minimum atomic E-state index is -0.0260. The van der Waals surface area contributed by atoms with E-state index in [4.69, 9.17) is 9.26 Å². The van der Waals surface area contributed by atoms with Crippen LogP contribution in [0.3, 0.4) is 0 Å². The first-order chi connectivity index (χ1) is 9.74. The van der Waals surface area contributed by atoms with Crippen molar-refractivity contribution in [1.82, 2.24) is 15.0 Å². The van der Waals surface area contributed by atoms with Crippen molar-refractivity contribution in [3.05, 3.63) is 11.7 Å². The number of ether oxygens (including phenoxy) is 1. The first-order valence-electron chi connectivity index (χ1n) is 7.93. The lowest BCUT2D eigenvalue weighted by atomic mass is 9.93. The molecule has 1 atom stereocenters. The standard InChI is InChI=1S/C15H25N3O2/c1-11(2)15-16-14(17-20-15)13-10-18(8-9-19-13)12-6-4-3-5-7-12/h11-13H,3-10H2,1-2H3. The average molecular weight is 279 g/mol. The molecule has 0 radical (unpaired) electrons. The number of nitrogens with zero attached hydrogens (tertiary/aromatic N) is 3. The summed E-state index contributed by atoms with van der Waals surface area (Å²) in [7, 11) is 0. The van der Waals surface area contributed by atoms with Crippen LogP contribution >= 0.6 is 0 Å². The second-order valence-electron chi connectivity index (χ2n) is 6.29. The number of rotatable bonds is 3. The third kappa shape index (κ3) is 3.04. The van der Waals surface area contributed by atoms with Gasteiger partial charge in [0.15, 0.2) is 0 Å². The van der Waals surface area contributed by atoms with Crippen molar-refractivity contribution in [2.24, 2.45) is 0 Å². The molecule has 5 nitrogen and oxygen atoms in total. The van der Waals surface area contributed by atoms with Crippen LogP contribution in [-0.4, -0.2) is 40.8 Å². The molecule has 5 heteroatoms. The zero-order chi connectivity index (χ0) is 13.9. The van der Waals surface area contributed by atoms with E-state index in [-0.39, 0.29) is 12.0 Å². The second kappa shape index (κ2) is 6.22. The number of hydrogen-bond donors (Lipinski definition) is 0. The fourth-order valence-corrected chi connectivity index (χ4v) is 3.22.